The predicted molar refractivity (Wildman–Crippen MR) is 80.1 cm³/mol. The first kappa shape index (κ1) is 16.5. The van der Waals surface area contributed by atoms with Crippen LogP contribution >= 0.6 is 0 Å². The fourth-order valence-electron chi connectivity index (χ4n) is 2.35. The quantitative estimate of drug-likeness (QED) is 0.423. The Morgan fingerprint density at radius 3 is 2.48 bits per heavy atom. The first-order valence-corrected chi connectivity index (χ1v) is 6.97. The van der Waals surface area contributed by atoms with E-state index in [1.807, 2.05) is 0 Å². The van der Waals surface area contributed by atoms with Crippen molar-refractivity contribution in [3.05, 3.63) is 35.4 Å². The zero-order valence-corrected chi connectivity index (χ0v) is 12.8. The maximum atomic E-state index is 12.4. The number of carboxylic acids is 1. The van der Waals surface area contributed by atoms with Crippen LogP contribution in [0, 0.1) is 5.41 Å². The molecule has 0 aromatic heterocycles. The number of carbonyl (C=O) groups excluding carboxylic acids is 2. The van der Waals surface area contributed by atoms with Crippen LogP contribution in [0.25, 0.3) is 0 Å². The molecule has 0 aliphatic carbocycles. The third-order valence-electron chi connectivity index (χ3n) is 3.58. The van der Waals surface area contributed by atoms with Gasteiger partial charge in [0.05, 0.1) is 6.61 Å². The van der Waals surface area contributed by atoms with Gasteiger partial charge in [0.2, 0.25) is 5.90 Å². The molecule has 122 valence electrons. The van der Waals surface area contributed by atoms with Gasteiger partial charge in [-0.05, 0) is 31.5 Å². The van der Waals surface area contributed by atoms with Gasteiger partial charge < -0.3 is 15.2 Å². The molecule has 1 aliphatic rings. The topological polar surface area (TPSA) is 120 Å². The standard InChI is InChI=1S/C15H17N3O5/c1-3-23-12(16)9-4-6-10(7-5-9)15(2)13(21)18(8-11(19)20)14(22)17-15/h4-7,16H,3,8H2,1-2H3,(H,17,22)(H,19,20). The molecule has 1 heterocycles. The van der Waals surface area contributed by atoms with E-state index in [1.165, 1.54) is 6.92 Å². The lowest BCUT2D eigenvalue weighted by Crippen LogP contribution is -2.41. The molecule has 1 aromatic carbocycles. The van der Waals surface area contributed by atoms with Gasteiger partial charge in [0, 0.05) is 5.56 Å². The summed E-state index contributed by atoms with van der Waals surface area (Å²) in [7, 11) is 0. The summed E-state index contributed by atoms with van der Waals surface area (Å²) >= 11 is 0. The number of amides is 3. The summed E-state index contributed by atoms with van der Waals surface area (Å²) in [6.45, 7) is 2.97. The largest absolute Gasteiger partial charge is 0.480 e. The van der Waals surface area contributed by atoms with Crippen LogP contribution in [-0.2, 0) is 19.9 Å². The molecule has 1 saturated heterocycles. The van der Waals surface area contributed by atoms with Gasteiger partial charge in [0.15, 0.2) is 0 Å². The third-order valence-corrected chi connectivity index (χ3v) is 3.58. The van der Waals surface area contributed by atoms with E-state index in [9.17, 15) is 14.4 Å². The van der Waals surface area contributed by atoms with Gasteiger partial charge in [-0.2, -0.15) is 0 Å². The molecule has 1 unspecified atom stereocenters. The molecule has 1 atom stereocenters. The minimum Gasteiger partial charge on any atom is -0.480 e. The smallest absolute Gasteiger partial charge is 0.325 e. The Morgan fingerprint density at radius 2 is 1.96 bits per heavy atom. The number of benzene rings is 1. The van der Waals surface area contributed by atoms with Crippen LogP contribution in [0.3, 0.4) is 0 Å². The Bertz CT molecular complexity index is 670. The summed E-state index contributed by atoms with van der Waals surface area (Å²) in [4.78, 5) is 35.7. The van der Waals surface area contributed by atoms with Gasteiger partial charge in [0.25, 0.3) is 5.91 Å². The second kappa shape index (κ2) is 6.07. The molecular formula is C15H17N3O5. The highest BCUT2D eigenvalue weighted by molar-refractivity contribution is 6.08. The van der Waals surface area contributed by atoms with E-state index in [1.54, 1.807) is 31.2 Å². The fourth-order valence-corrected chi connectivity index (χ4v) is 2.35. The van der Waals surface area contributed by atoms with E-state index in [0.717, 1.165) is 0 Å². The maximum Gasteiger partial charge on any atom is 0.325 e. The van der Waals surface area contributed by atoms with Crippen molar-refractivity contribution in [2.45, 2.75) is 19.4 Å². The minimum absolute atomic E-state index is 0.0125. The van der Waals surface area contributed by atoms with E-state index < -0.39 is 30.0 Å². The number of urea groups is 1. The number of hydrogen-bond donors (Lipinski definition) is 3. The van der Waals surface area contributed by atoms with Gasteiger partial charge in [-0.1, -0.05) is 12.1 Å². The van der Waals surface area contributed by atoms with Crippen molar-refractivity contribution in [1.82, 2.24) is 10.2 Å². The SMILES string of the molecule is CCOC(=N)c1ccc(C2(C)NC(=O)N(CC(=O)O)C2=O)cc1. The van der Waals surface area contributed by atoms with Crippen molar-refractivity contribution in [2.24, 2.45) is 0 Å². The molecule has 0 spiro atoms. The Balaban J connectivity index is 2.27. The highest BCUT2D eigenvalue weighted by atomic mass is 16.5. The summed E-state index contributed by atoms with van der Waals surface area (Å²) in [5, 5.41) is 19.0. The zero-order valence-electron chi connectivity index (χ0n) is 12.8. The molecule has 0 radical (unpaired) electrons. The molecule has 3 amide bonds. The number of hydrogen-bond acceptors (Lipinski definition) is 5. The number of ether oxygens (including phenoxy) is 1. The lowest BCUT2D eigenvalue weighted by atomic mass is 9.91. The minimum atomic E-state index is -1.33. The van der Waals surface area contributed by atoms with E-state index >= 15 is 0 Å². The molecule has 1 fully saturated rings. The number of aliphatic carboxylic acids is 1. The summed E-state index contributed by atoms with van der Waals surface area (Å²) in [6, 6.07) is 5.68. The van der Waals surface area contributed by atoms with Crippen molar-refractivity contribution in [3.8, 4) is 0 Å². The molecule has 0 saturated carbocycles. The van der Waals surface area contributed by atoms with Gasteiger partial charge in [-0.15, -0.1) is 0 Å². The second-order valence-corrected chi connectivity index (χ2v) is 5.18. The average Bonchev–Trinajstić information content (AvgIpc) is 2.72. The summed E-state index contributed by atoms with van der Waals surface area (Å²) in [6.07, 6.45) is 0. The Labute approximate surface area is 132 Å². The molecule has 1 aromatic rings. The number of nitrogens with zero attached hydrogens (tertiary/aromatic N) is 1. The number of nitrogens with one attached hydrogen (secondary N) is 2. The Hall–Kier alpha value is -2.90. The van der Waals surface area contributed by atoms with Gasteiger partial charge >= 0.3 is 12.0 Å². The van der Waals surface area contributed by atoms with Crippen LogP contribution in [0.2, 0.25) is 0 Å². The molecule has 23 heavy (non-hydrogen) atoms. The van der Waals surface area contributed by atoms with Gasteiger partial charge in [0.1, 0.15) is 12.1 Å². The first-order chi connectivity index (χ1) is 10.8. The van der Waals surface area contributed by atoms with Crippen molar-refractivity contribution in [3.63, 3.8) is 0 Å². The molecule has 3 N–H and O–H groups in total. The fraction of sp³-hybridized carbons (Fsp3) is 0.333. The number of rotatable bonds is 5. The molecule has 0 bridgehead atoms. The molecule has 2 rings (SSSR count). The third kappa shape index (κ3) is 3.01. The highest BCUT2D eigenvalue weighted by Gasteiger charge is 2.49. The van der Waals surface area contributed by atoms with Crippen LogP contribution in [-0.4, -0.2) is 47.0 Å². The highest BCUT2D eigenvalue weighted by Crippen LogP contribution is 2.28. The Morgan fingerprint density at radius 1 is 1.35 bits per heavy atom. The normalized spacial score (nSPS) is 20.3. The molecular weight excluding hydrogens is 302 g/mol. The molecule has 8 nitrogen and oxygen atoms in total. The lowest BCUT2D eigenvalue weighted by Gasteiger charge is -2.22. The second-order valence-electron chi connectivity index (χ2n) is 5.18. The van der Waals surface area contributed by atoms with Crippen LogP contribution in [0.15, 0.2) is 24.3 Å². The van der Waals surface area contributed by atoms with Crippen LogP contribution in [0.5, 0.6) is 0 Å². The monoisotopic (exact) mass is 319 g/mol. The lowest BCUT2D eigenvalue weighted by molar-refractivity contribution is -0.142. The van der Waals surface area contributed by atoms with Crippen LogP contribution in [0.1, 0.15) is 25.0 Å². The van der Waals surface area contributed by atoms with E-state index in [4.69, 9.17) is 15.3 Å². The first-order valence-electron chi connectivity index (χ1n) is 6.97. The molecule has 8 heteroatoms. The van der Waals surface area contributed by atoms with Crippen molar-refractivity contribution < 1.29 is 24.2 Å². The van der Waals surface area contributed by atoms with E-state index in [2.05, 4.69) is 5.32 Å². The predicted octanol–water partition coefficient (Wildman–Crippen LogP) is 0.900. The van der Waals surface area contributed by atoms with Gasteiger partial charge in [-0.25, -0.2) is 4.79 Å². The van der Waals surface area contributed by atoms with Crippen molar-refractivity contribution >= 4 is 23.8 Å². The maximum absolute atomic E-state index is 12.4. The van der Waals surface area contributed by atoms with Crippen molar-refractivity contribution in [2.75, 3.05) is 13.2 Å². The average molecular weight is 319 g/mol. The van der Waals surface area contributed by atoms with Crippen LogP contribution in [0.4, 0.5) is 4.79 Å². The summed E-state index contributed by atoms with van der Waals surface area (Å²) < 4.78 is 5.09. The summed E-state index contributed by atoms with van der Waals surface area (Å²) in [5.74, 6) is -1.88. The van der Waals surface area contributed by atoms with E-state index in [0.29, 0.717) is 22.6 Å². The van der Waals surface area contributed by atoms with Gasteiger partial charge in [-0.3, -0.25) is 19.9 Å². The number of carbonyl (C=O) groups is 3. The van der Waals surface area contributed by atoms with E-state index in [-0.39, 0.29) is 5.90 Å². The number of carboxylic acid groups (broad SMARTS) is 1. The zero-order chi connectivity index (χ0) is 17.2. The molecule has 1 aliphatic heterocycles. The number of imide groups is 1. The summed E-state index contributed by atoms with van der Waals surface area (Å²) in [5.41, 5.74) is -0.297. The Kier molecular flexibility index (Phi) is 4.35. The van der Waals surface area contributed by atoms with Crippen molar-refractivity contribution in [1.29, 1.82) is 5.41 Å². The van der Waals surface area contributed by atoms with Crippen LogP contribution < -0.4 is 5.32 Å².